The van der Waals surface area contributed by atoms with Gasteiger partial charge in [-0.25, -0.2) is 0 Å². The second kappa shape index (κ2) is 6.07. The summed E-state index contributed by atoms with van der Waals surface area (Å²) in [6.07, 6.45) is 0.917. The lowest BCUT2D eigenvalue weighted by molar-refractivity contribution is -0.120. The number of nitrogens with zero attached hydrogens (tertiary/aromatic N) is 1. The highest BCUT2D eigenvalue weighted by molar-refractivity contribution is 5.96. The molecule has 1 heterocycles. The van der Waals surface area contributed by atoms with E-state index in [-0.39, 0.29) is 17.9 Å². The monoisotopic (exact) mass is 309 g/mol. The Morgan fingerprint density at radius 1 is 1.09 bits per heavy atom. The number of amides is 1. The number of rotatable bonds is 3. The first-order valence-corrected chi connectivity index (χ1v) is 8.07. The molecule has 0 N–H and O–H groups in total. The summed E-state index contributed by atoms with van der Waals surface area (Å²) in [4.78, 5) is 14.4. The van der Waals surface area contributed by atoms with Crippen LogP contribution in [0.4, 0.5) is 5.69 Å². The zero-order chi connectivity index (χ0) is 16.4. The summed E-state index contributed by atoms with van der Waals surface area (Å²) in [5, 5.41) is 0. The van der Waals surface area contributed by atoms with E-state index in [4.69, 9.17) is 4.74 Å². The predicted molar refractivity (Wildman–Crippen MR) is 93.1 cm³/mol. The molecule has 1 amide bonds. The third kappa shape index (κ3) is 3.24. The fraction of sp³-hybridized carbons (Fsp3) is 0.350. The number of benzene rings is 2. The minimum Gasteiger partial charge on any atom is -0.483 e. The van der Waals surface area contributed by atoms with Crippen LogP contribution in [0.15, 0.2) is 48.5 Å². The van der Waals surface area contributed by atoms with Gasteiger partial charge in [0.25, 0.3) is 5.91 Å². The van der Waals surface area contributed by atoms with Gasteiger partial charge in [0.15, 0.2) is 6.61 Å². The maximum Gasteiger partial charge on any atom is 0.264 e. The predicted octanol–water partition coefficient (Wildman–Crippen LogP) is 3.95. The summed E-state index contributed by atoms with van der Waals surface area (Å²) in [6, 6.07) is 16.0. The number of anilines is 1. The molecular weight excluding hydrogens is 286 g/mol. The maximum atomic E-state index is 12.5. The third-order valence-electron chi connectivity index (χ3n) is 4.23. The third-order valence-corrected chi connectivity index (χ3v) is 4.23. The van der Waals surface area contributed by atoms with E-state index >= 15 is 0 Å². The molecule has 0 fully saturated rings. The van der Waals surface area contributed by atoms with Gasteiger partial charge in [0.2, 0.25) is 0 Å². The van der Waals surface area contributed by atoms with Crippen LogP contribution in [0, 0.1) is 0 Å². The summed E-state index contributed by atoms with van der Waals surface area (Å²) >= 11 is 0. The Kier molecular flexibility index (Phi) is 4.12. The molecule has 0 aliphatic carbocycles. The molecule has 2 aromatic rings. The van der Waals surface area contributed by atoms with E-state index in [1.807, 2.05) is 41.3 Å². The molecule has 0 radical (unpaired) electrons. The van der Waals surface area contributed by atoms with Crippen LogP contribution in [0.5, 0.6) is 5.75 Å². The van der Waals surface area contributed by atoms with Crippen molar-refractivity contribution < 1.29 is 9.53 Å². The Bertz CT molecular complexity index is 716. The maximum absolute atomic E-state index is 12.5. The standard InChI is InChI=1S/C20H23NO2/c1-20(2,3)16-9-5-7-11-18(16)23-14-19(22)21-13-12-15-8-4-6-10-17(15)21/h4-11H,12-14H2,1-3H3. The molecule has 2 aromatic carbocycles. The highest BCUT2D eigenvalue weighted by Gasteiger charge is 2.25. The van der Waals surface area contributed by atoms with Crippen LogP contribution in [-0.2, 0) is 16.6 Å². The molecule has 3 nitrogen and oxygen atoms in total. The molecule has 120 valence electrons. The van der Waals surface area contributed by atoms with Gasteiger partial charge in [-0.2, -0.15) is 0 Å². The first-order valence-electron chi connectivity index (χ1n) is 8.07. The van der Waals surface area contributed by atoms with Crippen LogP contribution < -0.4 is 9.64 Å². The van der Waals surface area contributed by atoms with Gasteiger partial charge in [-0.05, 0) is 35.1 Å². The summed E-state index contributed by atoms with van der Waals surface area (Å²) < 4.78 is 5.86. The van der Waals surface area contributed by atoms with Gasteiger partial charge in [-0.3, -0.25) is 4.79 Å². The molecule has 3 rings (SSSR count). The van der Waals surface area contributed by atoms with Crippen molar-refractivity contribution in [2.45, 2.75) is 32.6 Å². The molecule has 0 spiro atoms. The number of fused-ring (bicyclic) bond motifs is 1. The Morgan fingerprint density at radius 2 is 1.78 bits per heavy atom. The Labute approximate surface area is 137 Å². The second-order valence-electron chi connectivity index (χ2n) is 6.96. The Balaban J connectivity index is 1.72. The van der Waals surface area contributed by atoms with E-state index < -0.39 is 0 Å². The van der Waals surface area contributed by atoms with Crippen LogP contribution in [0.1, 0.15) is 31.9 Å². The first kappa shape index (κ1) is 15.6. The van der Waals surface area contributed by atoms with E-state index in [1.165, 1.54) is 5.56 Å². The topological polar surface area (TPSA) is 29.5 Å². The molecule has 0 saturated carbocycles. The molecule has 1 aliphatic rings. The lowest BCUT2D eigenvalue weighted by atomic mass is 9.86. The van der Waals surface area contributed by atoms with Crippen molar-refractivity contribution in [3.8, 4) is 5.75 Å². The molecule has 1 aliphatic heterocycles. The molecule has 0 atom stereocenters. The number of ether oxygens (including phenoxy) is 1. The Morgan fingerprint density at radius 3 is 2.57 bits per heavy atom. The number of hydrogen-bond donors (Lipinski definition) is 0. The van der Waals surface area contributed by atoms with E-state index in [9.17, 15) is 4.79 Å². The van der Waals surface area contributed by atoms with E-state index in [0.29, 0.717) is 0 Å². The van der Waals surface area contributed by atoms with E-state index in [2.05, 4.69) is 32.9 Å². The van der Waals surface area contributed by atoms with Gasteiger partial charge < -0.3 is 9.64 Å². The molecule has 0 unspecified atom stereocenters. The van der Waals surface area contributed by atoms with Gasteiger partial charge in [0.05, 0.1) is 0 Å². The van der Waals surface area contributed by atoms with E-state index in [1.54, 1.807) is 0 Å². The average molecular weight is 309 g/mol. The van der Waals surface area contributed by atoms with Crippen LogP contribution in [0.25, 0.3) is 0 Å². The molecular formula is C20H23NO2. The van der Waals surface area contributed by atoms with Gasteiger partial charge >= 0.3 is 0 Å². The number of hydrogen-bond acceptors (Lipinski definition) is 2. The zero-order valence-corrected chi connectivity index (χ0v) is 14.0. The van der Waals surface area contributed by atoms with Crippen molar-refractivity contribution in [2.24, 2.45) is 0 Å². The number of carbonyl (C=O) groups is 1. The van der Waals surface area contributed by atoms with Crippen molar-refractivity contribution in [1.29, 1.82) is 0 Å². The first-order chi connectivity index (χ1) is 11.0. The SMILES string of the molecule is CC(C)(C)c1ccccc1OCC(=O)N1CCc2ccccc21. The lowest BCUT2D eigenvalue weighted by Crippen LogP contribution is -2.33. The van der Waals surface area contributed by atoms with Crippen LogP contribution in [0.3, 0.4) is 0 Å². The molecule has 0 bridgehead atoms. The molecule has 3 heteroatoms. The summed E-state index contributed by atoms with van der Waals surface area (Å²) in [6.45, 7) is 7.25. The van der Waals surface area contributed by atoms with Gasteiger partial charge in [-0.15, -0.1) is 0 Å². The van der Waals surface area contributed by atoms with Crippen molar-refractivity contribution in [1.82, 2.24) is 0 Å². The largest absolute Gasteiger partial charge is 0.483 e. The summed E-state index contributed by atoms with van der Waals surface area (Å²) in [5.41, 5.74) is 3.36. The molecule has 0 aromatic heterocycles. The van der Waals surface area contributed by atoms with Gasteiger partial charge in [0, 0.05) is 12.2 Å². The highest BCUT2D eigenvalue weighted by atomic mass is 16.5. The highest BCUT2D eigenvalue weighted by Crippen LogP contribution is 2.31. The van der Waals surface area contributed by atoms with Crippen LogP contribution >= 0.6 is 0 Å². The van der Waals surface area contributed by atoms with Crippen LogP contribution in [0.2, 0.25) is 0 Å². The zero-order valence-electron chi connectivity index (χ0n) is 14.0. The lowest BCUT2D eigenvalue weighted by Gasteiger charge is -2.23. The average Bonchev–Trinajstić information content (AvgIpc) is 2.96. The van der Waals surface area contributed by atoms with Crippen LogP contribution in [-0.4, -0.2) is 19.1 Å². The van der Waals surface area contributed by atoms with Crippen molar-refractivity contribution >= 4 is 11.6 Å². The normalized spacial score (nSPS) is 13.8. The van der Waals surface area contributed by atoms with E-state index in [0.717, 1.165) is 30.0 Å². The fourth-order valence-corrected chi connectivity index (χ4v) is 3.03. The Hall–Kier alpha value is -2.29. The summed E-state index contributed by atoms with van der Waals surface area (Å²) in [7, 11) is 0. The molecule has 0 saturated heterocycles. The smallest absolute Gasteiger partial charge is 0.264 e. The summed E-state index contributed by atoms with van der Waals surface area (Å²) in [5.74, 6) is 0.805. The van der Waals surface area contributed by atoms with Crippen molar-refractivity contribution in [2.75, 3.05) is 18.1 Å². The number of para-hydroxylation sites is 2. The fourth-order valence-electron chi connectivity index (χ4n) is 3.03. The molecule has 23 heavy (non-hydrogen) atoms. The minimum atomic E-state index is -0.0140. The minimum absolute atomic E-state index is 0.0127. The van der Waals surface area contributed by atoms with Gasteiger partial charge in [-0.1, -0.05) is 57.2 Å². The van der Waals surface area contributed by atoms with Crippen molar-refractivity contribution in [3.05, 3.63) is 59.7 Å². The van der Waals surface area contributed by atoms with Crippen molar-refractivity contribution in [3.63, 3.8) is 0 Å². The second-order valence-corrected chi connectivity index (χ2v) is 6.96. The number of carbonyl (C=O) groups excluding carboxylic acids is 1. The van der Waals surface area contributed by atoms with Gasteiger partial charge in [0.1, 0.15) is 5.75 Å². The quantitative estimate of drug-likeness (QED) is 0.859.